The van der Waals surface area contributed by atoms with Crippen molar-refractivity contribution in [3.63, 3.8) is 0 Å². The van der Waals surface area contributed by atoms with Crippen LogP contribution in [0.5, 0.6) is 0 Å². The molecular formula is C6H8OS. The summed E-state index contributed by atoms with van der Waals surface area (Å²) in [5, 5.41) is 0.444. The molecule has 1 aliphatic rings. The van der Waals surface area contributed by atoms with Crippen molar-refractivity contribution >= 4 is 11.8 Å². The number of hydrogen-bond donors (Lipinski definition) is 0. The Morgan fingerprint density at radius 2 is 2.62 bits per heavy atom. The van der Waals surface area contributed by atoms with Gasteiger partial charge in [0.05, 0.1) is 17.8 Å². The van der Waals surface area contributed by atoms with Crippen LogP contribution in [-0.4, -0.2) is 17.8 Å². The molecule has 0 saturated carbocycles. The van der Waals surface area contributed by atoms with E-state index in [2.05, 4.69) is 11.8 Å². The molecule has 0 aliphatic carbocycles. The van der Waals surface area contributed by atoms with E-state index in [9.17, 15) is 0 Å². The lowest BCUT2D eigenvalue weighted by molar-refractivity contribution is 0.210. The Hall–Kier alpha value is -0.130. The highest BCUT2D eigenvalue weighted by atomic mass is 32.2. The average Bonchev–Trinajstić information content (AvgIpc) is 2.19. The van der Waals surface area contributed by atoms with Crippen molar-refractivity contribution in [3.05, 3.63) is 0 Å². The number of hydrogen-bond acceptors (Lipinski definition) is 2. The van der Waals surface area contributed by atoms with Gasteiger partial charge in [0.15, 0.2) is 0 Å². The second-order valence-corrected chi connectivity index (χ2v) is 2.68. The molecule has 0 amide bonds. The zero-order valence-corrected chi connectivity index (χ0v) is 5.62. The van der Waals surface area contributed by atoms with Gasteiger partial charge in [0.25, 0.3) is 0 Å². The van der Waals surface area contributed by atoms with Crippen LogP contribution in [0.25, 0.3) is 0 Å². The third kappa shape index (κ3) is 1.43. The van der Waals surface area contributed by atoms with Crippen molar-refractivity contribution in [3.8, 4) is 11.8 Å². The van der Waals surface area contributed by atoms with Crippen LogP contribution in [0.3, 0.4) is 0 Å². The molecule has 1 saturated heterocycles. The standard InChI is InChI=1S/C6H8OS/c1-2-3-6-4-7-5-8-6/h6H,4-5H2,1H3. The molecule has 1 heterocycles. The molecule has 0 aromatic carbocycles. The number of ether oxygens (including phenoxy) is 1. The molecule has 1 fully saturated rings. The minimum atomic E-state index is 0.444. The molecule has 1 unspecified atom stereocenters. The Bertz CT molecular complexity index is 116. The molecule has 0 bridgehead atoms. The number of thioether (sulfide) groups is 1. The zero-order chi connectivity index (χ0) is 5.82. The van der Waals surface area contributed by atoms with Crippen LogP contribution < -0.4 is 0 Å². The summed E-state index contributed by atoms with van der Waals surface area (Å²) in [4.78, 5) is 0. The third-order valence-corrected chi connectivity index (χ3v) is 1.89. The first-order valence-electron chi connectivity index (χ1n) is 2.55. The van der Waals surface area contributed by atoms with E-state index >= 15 is 0 Å². The molecule has 0 N–H and O–H groups in total. The quantitative estimate of drug-likeness (QED) is 0.452. The molecule has 1 nitrogen and oxygen atoms in total. The maximum absolute atomic E-state index is 5.07. The van der Waals surface area contributed by atoms with Crippen LogP contribution in [0, 0.1) is 11.8 Å². The van der Waals surface area contributed by atoms with Gasteiger partial charge in [-0.3, -0.25) is 0 Å². The SMILES string of the molecule is CC#CC1COCS1. The summed E-state index contributed by atoms with van der Waals surface area (Å²) in [6, 6.07) is 0. The summed E-state index contributed by atoms with van der Waals surface area (Å²) < 4.78 is 5.07. The molecule has 0 spiro atoms. The van der Waals surface area contributed by atoms with E-state index in [1.165, 1.54) is 0 Å². The summed E-state index contributed by atoms with van der Waals surface area (Å²) in [6.07, 6.45) is 0. The van der Waals surface area contributed by atoms with E-state index in [1.807, 2.05) is 6.92 Å². The van der Waals surface area contributed by atoms with Gasteiger partial charge in [-0.15, -0.1) is 17.7 Å². The lowest BCUT2D eigenvalue weighted by Gasteiger charge is -1.89. The average molecular weight is 128 g/mol. The fourth-order valence-electron chi connectivity index (χ4n) is 0.578. The molecule has 2 heteroatoms. The van der Waals surface area contributed by atoms with Crippen LogP contribution in [0.4, 0.5) is 0 Å². The Balaban J connectivity index is 2.32. The van der Waals surface area contributed by atoms with Crippen LogP contribution in [0.1, 0.15) is 6.92 Å². The van der Waals surface area contributed by atoms with E-state index in [0.29, 0.717) is 5.25 Å². The van der Waals surface area contributed by atoms with E-state index in [4.69, 9.17) is 4.74 Å². The topological polar surface area (TPSA) is 9.23 Å². The fraction of sp³-hybridized carbons (Fsp3) is 0.667. The van der Waals surface area contributed by atoms with Crippen LogP contribution in [0.2, 0.25) is 0 Å². The smallest absolute Gasteiger partial charge is 0.0935 e. The van der Waals surface area contributed by atoms with Crippen LogP contribution in [-0.2, 0) is 4.74 Å². The molecule has 44 valence electrons. The number of rotatable bonds is 0. The fourth-order valence-corrected chi connectivity index (χ4v) is 1.33. The summed E-state index contributed by atoms with van der Waals surface area (Å²) in [7, 11) is 0. The highest BCUT2D eigenvalue weighted by Gasteiger charge is 2.11. The lowest BCUT2D eigenvalue weighted by atomic mass is 10.4. The summed E-state index contributed by atoms with van der Waals surface area (Å²) in [5.74, 6) is 6.71. The van der Waals surface area contributed by atoms with Crippen molar-refractivity contribution in [2.24, 2.45) is 0 Å². The van der Waals surface area contributed by atoms with Gasteiger partial charge in [-0.05, 0) is 6.92 Å². The Morgan fingerprint density at radius 3 is 3.12 bits per heavy atom. The predicted octanol–water partition coefficient (Wildman–Crippen LogP) is 1.10. The van der Waals surface area contributed by atoms with Gasteiger partial charge >= 0.3 is 0 Å². The minimum Gasteiger partial charge on any atom is -0.369 e. The van der Waals surface area contributed by atoms with Gasteiger partial charge in [0.2, 0.25) is 0 Å². The largest absolute Gasteiger partial charge is 0.369 e. The minimum absolute atomic E-state index is 0.444. The predicted molar refractivity (Wildman–Crippen MR) is 35.6 cm³/mol. The van der Waals surface area contributed by atoms with Gasteiger partial charge in [-0.25, -0.2) is 0 Å². The van der Waals surface area contributed by atoms with Crippen LogP contribution >= 0.6 is 11.8 Å². The molecule has 0 radical (unpaired) electrons. The first-order chi connectivity index (χ1) is 3.93. The summed E-state index contributed by atoms with van der Waals surface area (Å²) in [5.41, 5.74) is 0. The molecule has 1 aliphatic heterocycles. The van der Waals surface area contributed by atoms with Gasteiger partial charge in [-0.1, -0.05) is 5.92 Å². The molecular weight excluding hydrogens is 120 g/mol. The molecule has 0 aromatic heterocycles. The summed E-state index contributed by atoms with van der Waals surface area (Å²) >= 11 is 1.77. The van der Waals surface area contributed by atoms with Gasteiger partial charge in [0.1, 0.15) is 0 Å². The van der Waals surface area contributed by atoms with Gasteiger partial charge in [-0.2, -0.15) is 0 Å². The highest BCUT2D eigenvalue weighted by Crippen LogP contribution is 2.17. The van der Waals surface area contributed by atoms with Crippen molar-refractivity contribution in [2.45, 2.75) is 12.2 Å². The van der Waals surface area contributed by atoms with Crippen molar-refractivity contribution in [1.29, 1.82) is 0 Å². The molecule has 0 aromatic rings. The van der Waals surface area contributed by atoms with E-state index in [-0.39, 0.29) is 0 Å². The van der Waals surface area contributed by atoms with E-state index in [0.717, 1.165) is 12.5 Å². The molecule has 8 heavy (non-hydrogen) atoms. The van der Waals surface area contributed by atoms with Crippen molar-refractivity contribution < 1.29 is 4.74 Å². The van der Waals surface area contributed by atoms with Crippen molar-refractivity contribution in [2.75, 3.05) is 12.5 Å². The molecule has 1 atom stereocenters. The normalized spacial score (nSPS) is 26.9. The Morgan fingerprint density at radius 1 is 1.75 bits per heavy atom. The first kappa shape index (κ1) is 6.00. The lowest BCUT2D eigenvalue weighted by Crippen LogP contribution is -1.97. The second kappa shape index (κ2) is 3.01. The van der Waals surface area contributed by atoms with Crippen LogP contribution in [0.15, 0.2) is 0 Å². The maximum atomic E-state index is 5.07. The summed E-state index contributed by atoms with van der Waals surface area (Å²) in [6.45, 7) is 2.67. The third-order valence-electron chi connectivity index (χ3n) is 0.927. The second-order valence-electron chi connectivity index (χ2n) is 1.54. The van der Waals surface area contributed by atoms with Gasteiger partial charge in [0, 0.05) is 0 Å². The van der Waals surface area contributed by atoms with E-state index < -0.39 is 0 Å². The first-order valence-corrected chi connectivity index (χ1v) is 3.60. The maximum Gasteiger partial charge on any atom is 0.0935 e. The van der Waals surface area contributed by atoms with Gasteiger partial charge < -0.3 is 4.74 Å². The van der Waals surface area contributed by atoms with Crippen molar-refractivity contribution in [1.82, 2.24) is 0 Å². The van der Waals surface area contributed by atoms with E-state index in [1.54, 1.807) is 11.8 Å². The Labute approximate surface area is 53.8 Å². The highest BCUT2D eigenvalue weighted by molar-refractivity contribution is 8.00. The Kier molecular flexibility index (Phi) is 2.26. The monoisotopic (exact) mass is 128 g/mol. The molecule has 1 rings (SSSR count). The zero-order valence-electron chi connectivity index (χ0n) is 4.81.